The number of benzene rings is 1. The molecule has 1 fully saturated rings. The summed E-state index contributed by atoms with van der Waals surface area (Å²) in [7, 11) is 0. The molecule has 1 aromatic carbocycles. The second-order valence-electron chi connectivity index (χ2n) is 5.69. The van der Waals surface area contributed by atoms with Gasteiger partial charge in [-0.3, -0.25) is 4.98 Å². The molecule has 1 saturated heterocycles. The number of nitrogens with zero attached hydrogens (tertiary/aromatic N) is 4. The predicted octanol–water partition coefficient (Wildman–Crippen LogP) is 2.51. The van der Waals surface area contributed by atoms with Crippen molar-refractivity contribution in [3.8, 4) is 11.1 Å². The summed E-state index contributed by atoms with van der Waals surface area (Å²) in [5.74, 6) is 0.266. The van der Waals surface area contributed by atoms with Crippen LogP contribution in [0.25, 0.3) is 27.5 Å². The third-order valence-corrected chi connectivity index (χ3v) is 4.06. The van der Waals surface area contributed by atoms with Gasteiger partial charge >= 0.3 is 0 Å². The zero-order chi connectivity index (χ0) is 16.4. The Morgan fingerprint density at radius 3 is 2.71 bits per heavy atom. The van der Waals surface area contributed by atoms with Gasteiger partial charge in [0.15, 0.2) is 0 Å². The first kappa shape index (κ1) is 14.6. The van der Waals surface area contributed by atoms with Gasteiger partial charge in [0.2, 0.25) is 5.95 Å². The van der Waals surface area contributed by atoms with Crippen LogP contribution < -0.4 is 11.1 Å². The largest absolute Gasteiger partial charge is 0.367 e. The highest BCUT2D eigenvalue weighted by atomic mass is 15.3. The van der Waals surface area contributed by atoms with Gasteiger partial charge in [-0.15, -0.1) is 5.10 Å². The molecule has 0 spiro atoms. The maximum atomic E-state index is 5.59. The van der Waals surface area contributed by atoms with Crippen LogP contribution in [0.5, 0.6) is 0 Å². The molecule has 6 nitrogen and oxygen atoms in total. The lowest BCUT2D eigenvalue weighted by Gasteiger charge is -2.09. The molecule has 5 rings (SSSR count). The number of nitrogens with two attached hydrogens (primary N) is 1. The Kier molecular flexibility index (Phi) is 3.80. The van der Waals surface area contributed by atoms with Crippen LogP contribution in [-0.2, 0) is 0 Å². The number of hydrogen-bond donors (Lipinski definition) is 2. The van der Waals surface area contributed by atoms with Crippen molar-refractivity contribution in [3.63, 3.8) is 0 Å². The fourth-order valence-electron chi connectivity index (χ4n) is 2.58. The van der Waals surface area contributed by atoms with E-state index in [1.54, 1.807) is 16.9 Å². The normalized spacial score (nSPS) is 13.3. The molecule has 0 atom stereocenters. The molecule has 4 heterocycles. The molecule has 0 unspecified atom stereocenters. The second kappa shape index (κ2) is 6.25. The Labute approximate surface area is 139 Å². The molecular formula is C18H18N6. The zero-order valence-corrected chi connectivity index (χ0v) is 13.2. The van der Waals surface area contributed by atoms with E-state index >= 15 is 0 Å². The van der Waals surface area contributed by atoms with E-state index in [0.29, 0.717) is 0 Å². The van der Waals surface area contributed by atoms with Crippen LogP contribution in [0.2, 0.25) is 0 Å². The number of rotatable bonds is 1. The molecule has 1 aliphatic rings. The van der Waals surface area contributed by atoms with Crippen molar-refractivity contribution < 1.29 is 0 Å². The van der Waals surface area contributed by atoms with Gasteiger partial charge in [-0.25, -0.2) is 9.50 Å². The van der Waals surface area contributed by atoms with E-state index in [2.05, 4.69) is 38.6 Å². The van der Waals surface area contributed by atoms with Gasteiger partial charge < -0.3 is 11.1 Å². The second-order valence-corrected chi connectivity index (χ2v) is 5.69. The number of aromatic nitrogens is 4. The SMILES string of the molecule is C1CNC1.Nc1ncc2c(-c3ccc4ncccc4c3)ccn2n1. The maximum absolute atomic E-state index is 5.59. The highest BCUT2D eigenvalue weighted by Gasteiger charge is 2.07. The highest BCUT2D eigenvalue weighted by Crippen LogP contribution is 2.27. The predicted molar refractivity (Wildman–Crippen MR) is 95.6 cm³/mol. The molecule has 3 N–H and O–H groups in total. The number of pyridine rings is 1. The zero-order valence-electron chi connectivity index (χ0n) is 13.2. The molecule has 3 aromatic heterocycles. The van der Waals surface area contributed by atoms with Gasteiger partial charge in [-0.1, -0.05) is 12.1 Å². The molecule has 0 bridgehead atoms. The Balaban J connectivity index is 0.000000321. The third kappa shape index (κ3) is 2.79. The van der Waals surface area contributed by atoms with Crippen LogP contribution >= 0.6 is 0 Å². The van der Waals surface area contributed by atoms with E-state index in [1.165, 1.54) is 19.5 Å². The number of fused-ring (bicyclic) bond motifs is 2. The first-order chi connectivity index (χ1) is 11.8. The van der Waals surface area contributed by atoms with E-state index in [0.717, 1.165) is 27.5 Å². The topological polar surface area (TPSA) is 81.1 Å². The van der Waals surface area contributed by atoms with E-state index < -0.39 is 0 Å². The molecular weight excluding hydrogens is 300 g/mol. The minimum Gasteiger partial charge on any atom is -0.367 e. The van der Waals surface area contributed by atoms with Crippen LogP contribution in [0.4, 0.5) is 5.95 Å². The monoisotopic (exact) mass is 318 g/mol. The summed E-state index contributed by atoms with van der Waals surface area (Å²) in [4.78, 5) is 8.39. The number of nitrogens with one attached hydrogen (secondary N) is 1. The number of anilines is 1. The Bertz CT molecular complexity index is 983. The average molecular weight is 318 g/mol. The first-order valence-electron chi connectivity index (χ1n) is 7.97. The van der Waals surface area contributed by atoms with Gasteiger partial charge in [-0.05, 0) is 49.3 Å². The third-order valence-electron chi connectivity index (χ3n) is 4.06. The van der Waals surface area contributed by atoms with Crippen LogP contribution in [0.3, 0.4) is 0 Å². The van der Waals surface area contributed by atoms with Crippen molar-refractivity contribution in [2.24, 2.45) is 0 Å². The van der Waals surface area contributed by atoms with Crippen molar-refractivity contribution in [2.75, 3.05) is 18.8 Å². The molecule has 1 aliphatic heterocycles. The molecule has 0 amide bonds. The Hall–Kier alpha value is -2.99. The molecule has 0 radical (unpaired) electrons. The van der Waals surface area contributed by atoms with Gasteiger partial charge in [0, 0.05) is 23.3 Å². The lowest BCUT2D eigenvalue weighted by molar-refractivity contribution is 0.527. The molecule has 24 heavy (non-hydrogen) atoms. The van der Waals surface area contributed by atoms with Crippen LogP contribution in [0.15, 0.2) is 55.0 Å². The number of hydrogen-bond acceptors (Lipinski definition) is 5. The van der Waals surface area contributed by atoms with Gasteiger partial charge in [0.1, 0.15) is 0 Å². The lowest BCUT2D eigenvalue weighted by Crippen LogP contribution is -2.29. The molecule has 4 aromatic rings. The Morgan fingerprint density at radius 1 is 1.08 bits per heavy atom. The highest BCUT2D eigenvalue weighted by molar-refractivity contribution is 5.88. The summed E-state index contributed by atoms with van der Waals surface area (Å²) in [5.41, 5.74) is 9.71. The molecule has 6 heteroatoms. The fourth-order valence-corrected chi connectivity index (χ4v) is 2.58. The standard InChI is InChI=1S/C15H11N5.C3H7N/c16-15-18-9-14-12(5-7-20(14)19-15)10-3-4-13-11(8-10)2-1-6-17-13;1-2-4-3-1/h1-9H,(H2,16,19);4H,1-3H2. The summed E-state index contributed by atoms with van der Waals surface area (Å²) in [6.45, 7) is 2.50. The van der Waals surface area contributed by atoms with Crippen molar-refractivity contribution in [1.82, 2.24) is 24.9 Å². The quantitative estimate of drug-likeness (QED) is 0.563. The van der Waals surface area contributed by atoms with Gasteiger partial charge in [-0.2, -0.15) is 0 Å². The molecule has 120 valence electrons. The van der Waals surface area contributed by atoms with Crippen molar-refractivity contribution in [1.29, 1.82) is 0 Å². The summed E-state index contributed by atoms with van der Waals surface area (Å²) in [6, 6.07) is 12.2. The average Bonchev–Trinajstić information content (AvgIpc) is 2.95. The van der Waals surface area contributed by atoms with Crippen molar-refractivity contribution in [3.05, 3.63) is 55.0 Å². The molecule has 0 aliphatic carbocycles. The van der Waals surface area contributed by atoms with Crippen molar-refractivity contribution >= 4 is 22.4 Å². The van der Waals surface area contributed by atoms with Gasteiger partial charge in [0.05, 0.1) is 17.2 Å². The summed E-state index contributed by atoms with van der Waals surface area (Å²) in [5, 5.41) is 8.38. The summed E-state index contributed by atoms with van der Waals surface area (Å²) in [6.07, 6.45) is 6.81. The van der Waals surface area contributed by atoms with Crippen LogP contribution in [0, 0.1) is 0 Å². The van der Waals surface area contributed by atoms with Crippen LogP contribution in [-0.4, -0.2) is 32.7 Å². The van der Waals surface area contributed by atoms with E-state index in [9.17, 15) is 0 Å². The molecule has 0 saturated carbocycles. The minimum atomic E-state index is 0.266. The van der Waals surface area contributed by atoms with E-state index in [-0.39, 0.29) is 5.95 Å². The lowest BCUT2D eigenvalue weighted by atomic mass is 10.0. The van der Waals surface area contributed by atoms with Gasteiger partial charge in [0.25, 0.3) is 0 Å². The van der Waals surface area contributed by atoms with E-state index in [4.69, 9.17) is 5.73 Å². The summed E-state index contributed by atoms with van der Waals surface area (Å²) < 4.78 is 1.74. The first-order valence-corrected chi connectivity index (χ1v) is 7.97. The van der Waals surface area contributed by atoms with E-state index in [1.807, 2.05) is 24.4 Å². The summed E-state index contributed by atoms with van der Waals surface area (Å²) >= 11 is 0. The maximum Gasteiger partial charge on any atom is 0.238 e. The smallest absolute Gasteiger partial charge is 0.238 e. The van der Waals surface area contributed by atoms with Crippen LogP contribution in [0.1, 0.15) is 6.42 Å². The number of nitrogen functional groups attached to an aromatic ring is 1. The minimum absolute atomic E-state index is 0.266. The fraction of sp³-hybridized carbons (Fsp3) is 0.167. The Morgan fingerprint density at radius 2 is 1.92 bits per heavy atom. The van der Waals surface area contributed by atoms with Crippen molar-refractivity contribution in [2.45, 2.75) is 6.42 Å².